The molecule has 0 aliphatic heterocycles. The van der Waals surface area contributed by atoms with Gasteiger partial charge in [-0.2, -0.15) is 0 Å². The first-order valence-electron chi connectivity index (χ1n) is 4.75. The first-order valence-corrected chi connectivity index (χ1v) is 4.75. The van der Waals surface area contributed by atoms with Crippen molar-refractivity contribution in [3.8, 4) is 0 Å². The van der Waals surface area contributed by atoms with Gasteiger partial charge in [0.25, 0.3) is 0 Å². The smallest absolute Gasteiger partial charge is 0.306 e. The molecule has 1 aromatic heterocycles. The molecule has 0 atom stereocenters. The SMILES string of the molecule is CC(=O)Cc1cccc2[nH]c(=O)n(C)c12. The van der Waals surface area contributed by atoms with Crippen molar-refractivity contribution in [1.29, 1.82) is 0 Å². The van der Waals surface area contributed by atoms with E-state index in [1.165, 1.54) is 4.57 Å². The summed E-state index contributed by atoms with van der Waals surface area (Å²) in [5, 5.41) is 0. The van der Waals surface area contributed by atoms with Gasteiger partial charge in [-0.25, -0.2) is 4.79 Å². The predicted molar refractivity (Wildman–Crippen MR) is 57.9 cm³/mol. The molecule has 0 amide bonds. The largest absolute Gasteiger partial charge is 0.326 e. The fourth-order valence-electron chi connectivity index (χ4n) is 1.80. The summed E-state index contributed by atoms with van der Waals surface area (Å²) in [6.07, 6.45) is 0.364. The maximum absolute atomic E-state index is 11.4. The molecule has 0 radical (unpaired) electrons. The van der Waals surface area contributed by atoms with E-state index in [0.717, 1.165) is 16.6 Å². The molecule has 1 N–H and O–H groups in total. The van der Waals surface area contributed by atoms with Crippen LogP contribution < -0.4 is 5.69 Å². The van der Waals surface area contributed by atoms with Crippen molar-refractivity contribution in [2.75, 3.05) is 0 Å². The fourth-order valence-corrected chi connectivity index (χ4v) is 1.80. The second-order valence-electron chi connectivity index (χ2n) is 3.68. The Kier molecular flexibility index (Phi) is 2.19. The number of nitrogens with zero attached hydrogens (tertiary/aromatic N) is 1. The van der Waals surface area contributed by atoms with Crippen LogP contribution in [0.4, 0.5) is 0 Å². The van der Waals surface area contributed by atoms with Crippen molar-refractivity contribution in [2.45, 2.75) is 13.3 Å². The number of imidazole rings is 1. The Labute approximate surface area is 86.5 Å². The second-order valence-corrected chi connectivity index (χ2v) is 3.68. The topological polar surface area (TPSA) is 54.9 Å². The van der Waals surface area contributed by atoms with E-state index in [2.05, 4.69) is 4.98 Å². The number of hydrogen-bond donors (Lipinski definition) is 1. The average molecular weight is 204 g/mol. The highest BCUT2D eigenvalue weighted by molar-refractivity contribution is 5.86. The van der Waals surface area contributed by atoms with Gasteiger partial charge in [0.05, 0.1) is 11.0 Å². The van der Waals surface area contributed by atoms with Gasteiger partial charge in [-0.15, -0.1) is 0 Å². The Morgan fingerprint density at radius 2 is 2.20 bits per heavy atom. The van der Waals surface area contributed by atoms with Crippen LogP contribution in [0.2, 0.25) is 0 Å². The number of benzene rings is 1. The molecule has 15 heavy (non-hydrogen) atoms. The number of fused-ring (bicyclic) bond motifs is 1. The van der Waals surface area contributed by atoms with Crippen molar-refractivity contribution in [3.63, 3.8) is 0 Å². The summed E-state index contributed by atoms with van der Waals surface area (Å²) in [6.45, 7) is 1.55. The Morgan fingerprint density at radius 3 is 2.87 bits per heavy atom. The number of para-hydroxylation sites is 1. The molecule has 1 heterocycles. The number of aromatic amines is 1. The van der Waals surface area contributed by atoms with Gasteiger partial charge in [0.2, 0.25) is 0 Å². The normalized spacial score (nSPS) is 10.8. The summed E-state index contributed by atoms with van der Waals surface area (Å²) in [5.41, 5.74) is 2.33. The van der Waals surface area contributed by atoms with Gasteiger partial charge in [-0.05, 0) is 18.6 Å². The Hall–Kier alpha value is -1.84. The van der Waals surface area contributed by atoms with Crippen LogP contribution in [-0.2, 0) is 18.3 Å². The molecule has 0 spiro atoms. The Morgan fingerprint density at radius 1 is 1.47 bits per heavy atom. The number of rotatable bonds is 2. The number of Topliss-reactive ketones (excluding diaryl/α,β-unsaturated/α-hetero) is 1. The molecule has 0 saturated heterocycles. The Bertz CT molecular complexity index is 578. The number of nitrogens with one attached hydrogen (secondary N) is 1. The lowest BCUT2D eigenvalue weighted by Gasteiger charge is -2.01. The molecule has 78 valence electrons. The zero-order valence-electron chi connectivity index (χ0n) is 8.70. The summed E-state index contributed by atoms with van der Waals surface area (Å²) in [5.74, 6) is 0.0937. The van der Waals surface area contributed by atoms with Crippen LogP contribution in [0.3, 0.4) is 0 Å². The number of ketones is 1. The number of hydrogen-bond acceptors (Lipinski definition) is 2. The lowest BCUT2D eigenvalue weighted by molar-refractivity contribution is -0.116. The molecule has 4 heteroatoms. The average Bonchev–Trinajstić information content (AvgIpc) is 2.43. The van der Waals surface area contributed by atoms with E-state index in [-0.39, 0.29) is 11.5 Å². The number of carbonyl (C=O) groups excluding carboxylic acids is 1. The molecule has 2 rings (SSSR count). The van der Waals surface area contributed by atoms with Gasteiger partial charge in [0.1, 0.15) is 5.78 Å². The third kappa shape index (κ3) is 1.58. The van der Waals surface area contributed by atoms with Crippen LogP contribution in [0.1, 0.15) is 12.5 Å². The monoisotopic (exact) mass is 204 g/mol. The number of aryl methyl sites for hydroxylation is 1. The second kappa shape index (κ2) is 3.38. The summed E-state index contributed by atoms with van der Waals surface area (Å²) in [4.78, 5) is 25.2. The predicted octanol–water partition coefficient (Wildman–Crippen LogP) is 0.998. The van der Waals surface area contributed by atoms with E-state index in [4.69, 9.17) is 0 Å². The van der Waals surface area contributed by atoms with Gasteiger partial charge in [-0.1, -0.05) is 12.1 Å². The molecule has 0 aliphatic rings. The summed E-state index contributed by atoms with van der Waals surface area (Å²) < 4.78 is 1.54. The Balaban J connectivity index is 2.74. The van der Waals surface area contributed by atoms with Gasteiger partial charge in [0.15, 0.2) is 0 Å². The molecule has 1 aromatic carbocycles. The van der Waals surface area contributed by atoms with E-state index >= 15 is 0 Å². The molecule has 4 nitrogen and oxygen atoms in total. The molecule has 0 bridgehead atoms. The van der Waals surface area contributed by atoms with E-state index in [0.29, 0.717) is 6.42 Å². The van der Waals surface area contributed by atoms with Gasteiger partial charge < -0.3 is 4.98 Å². The van der Waals surface area contributed by atoms with Crippen molar-refractivity contribution in [3.05, 3.63) is 34.2 Å². The van der Waals surface area contributed by atoms with E-state index in [1.807, 2.05) is 18.2 Å². The molecular weight excluding hydrogens is 192 g/mol. The quantitative estimate of drug-likeness (QED) is 0.793. The standard InChI is InChI=1S/C11H12N2O2/c1-7(14)6-8-4-3-5-9-10(8)13(2)11(15)12-9/h3-5H,6H2,1-2H3,(H,12,15). The van der Waals surface area contributed by atoms with E-state index in [1.54, 1.807) is 14.0 Å². The third-order valence-electron chi connectivity index (χ3n) is 2.44. The summed E-state index contributed by atoms with van der Waals surface area (Å²) >= 11 is 0. The van der Waals surface area contributed by atoms with Crippen molar-refractivity contribution in [1.82, 2.24) is 9.55 Å². The number of H-pyrrole nitrogens is 1. The van der Waals surface area contributed by atoms with Crippen LogP contribution in [0.5, 0.6) is 0 Å². The van der Waals surface area contributed by atoms with Crippen LogP contribution in [-0.4, -0.2) is 15.3 Å². The summed E-state index contributed by atoms with van der Waals surface area (Å²) in [7, 11) is 1.70. The molecule has 0 fully saturated rings. The van der Waals surface area contributed by atoms with Gasteiger partial charge in [0, 0.05) is 13.5 Å². The van der Waals surface area contributed by atoms with Crippen LogP contribution in [0, 0.1) is 0 Å². The minimum Gasteiger partial charge on any atom is -0.306 e. The minimum absolute atomic E-state index is 0.0937. The number of aromatic nitrogens is 2. The number of carbonyl (C=O) groups is 1. The fraction of sp³-hybridized carbons (Fsp3) is 0.273. The van der Waals surface area contributed by atoms with Crippen LogP contribution in [0.25, 0.3) is 11.0 Å². The summed E-state index contributed by atoms with van der Waals surface area (Å²) in [6, 6.07) is 5.55. The van der Waals surface area contributed by atoms with Gasteiger partial charge in [-0.3, -0.25) is 9.36 Å². The molecule has 0 unspecified atom stereocenters. The molecule has 2 aromatic rings. The van der Waals surface area contributed by atoms with E-state index < -0.39 is 0 Å². The van der Waals surface area contributed by atoms with Crippen molar-refractivity contribution in [2.24, 2.45) is 7.05 Å². The zero-order chi connectivity index (χ0) is 11.0. The molecular formula is C11H12N2O2. The zero-order valence-corrected chi connectivity index (χ0v) is 8.70. The minimum atomic E-state index is -0.152. The first kappa shape index (κ1) is 9.71. The highest BCUT2D eigenvalue weighted by Crippen LogP contribution is 2.15. The maximum atomic E-state index is 11.4. The van der Waals surface area contributed by atoms with Gasteiger partial charge >= 0.3 is 5.69 Å². The highest BCUT2D eigenvalue weighted by atomic mass is 16.1. The highest BCUT2D eigenvalue weighted by Gasteiger charge is 2.08. The van der Waals surface area contributed by atoms with E-state index in [9.17, 15) is 9.59 Å². The maximum Gasteiger partial charge on any atom is 0.326 e. The van der Waals surface area contributed by atoms with Crippen LogP contribution >= 0.6 is 0 Å². The van der Waals surface area contributed by atoms with Crippen molar-refractivity contribution < 1.29 is 4.79 Å². The molecule has 0 saturated carbocycles. The molecule has 0 aliphatic carbocycles. The lowest BCUT2D eigenvalue weighted by Crippen LogP contribution is -2.12. The lowest BCUT2D eigenvalue weighted by atomic mass is 10.1. The van der Waals surface area contributed by atoms with Crippen molar-refractivity contribution >= 4 is 16.8 Å². The first-order chi connectivity index (χ1) is 7.09. The third-order valence-corrected chi connectivity index (χ3v) is 2.44. The van der Waals surface area contributed by atoms with Crippen LogP contribution in [0.15, 0.2) is 23.0 Å².